The second kappa shape index (κ2) is 5.06. The van der Waals surface area contributed by atoms with E-state index in [-0.39, 0.29) is 0 Å². The van der Waals surface area contributed by atoms with Crippen molar-refractivity contribution in [3.63, 3.8) is 0 Å². The van der Waals surface area contributed by atoms with Crippen molar-refractivity contribution in [3.05, 3.63) is 34.1 Å². The van der Waals surface area contributed by atoms with Crippen molar-refractivity contribution in [3.8, 4) is 0 Å². The van der Waals surface area contributed by atoms with Crippen LogP contribution in [-0.2, 0) is 14.8 Å². The molecule has 0 amide bonds. The number of nitrogens with one attached hydrogen (secondary N) is 1. The van der Waals surface area contributed by atoms with Crippen LogP contribution in [0.2, 0.25) is 0 Å². The average molecular weight is 278 g/mol. The van der Waals surface area contributed by atoms with Gasteiger partial charge in [-0.1, -0.05) is 0 Å². The van der Waals surface area contributed by atoms with E-state index in [0.29, 0.717) is 12.1 Å². The molecule has 18 heavy (non-hydrogen) atoms. The van der Waals surface area contributed by atoms with Crippen LogP contribution in [0.25, 0.3) is 0 Å². The van der Waals surface area contributed by atoms with E-state index in [1.165, 1.54) is 0 Å². The number of rotatable bonds is 5. The van der Waals surface area contributed by atoms with Gasteiger partial charge in [-0.2, -0.15) is 4.72 Å². The van der Waals surface area contributed by atoms with Gasteiger partial charge in [0.25, 0.3) is 5.69 Å². The summed E-state index contributed by atoms with van der Waals surface area (Å²) in [7, 11) is -4.36. The van der Waals surface area contributed by atoms with Crippen LogP contribution in [0.3, 0.4) is 0 Å². The van der Waals surface area contributed by atoms with Gasteiger partial charge in [-0.25, -0.2) is 12.8 Å². The Labute approximate surface area is 100 Å². The van der Waals surface area contributed by atoms with Crippen LogP contribution in [0.5, 0.6) is 0 Å². The molecule has 1 rings (SSSR count). The van der Waals surface area contributed by atoms with Gasteiger partial charge < -0.3 is 5.11 Å². The number of benzene rings is 1. The van der Waals surface area contributed by atoms with E-state index >= 15 is 0 Å². The second-order valence-electron chi connectivity index (χ2n) is 3.09. The summed E-state index contributed by atoms with van der Waals surface area (Å²) in [6, 6.07) is 1.94. The molecular weight excluding hydrogens is 271 g/mol. The number of hydrogen-bond acceptors (Lipinski definition) is 5. The van der Waals surface area contributed by atoms with Gasteiger partial charge in [0.15, 0.2) is 0 Å². The summed E-state index contributed by atoms with van der Waals surface area (Å²) in [5.74, 6) is -2.78. The fraction of sp³-hybridized carbons (Fsp3) is 0.125. The van der Waals surface area contributed by atoms with Gasteiger partial charge >= 0.3 is 5.97 Å². The van der Waals surface area contributed by atoms with Crippen molar-refractivity contribution in [1.82, 2.24) is 4.72 Å². The molecule has 0 atom stereocenters. The van der Waals surface area contributed by atoms with Crippen molar-refractivity contribution < 1.29 is 27.6 Å². The maximum absolute atomic E-state index is 13.4. The molecule has 98 valence electrons. The van der Waals surface area contributed by atoms with Crippen LogP contribution < -0.4 is 4.72 Å². The number of nitrogens with zero attached hydrogens (tertiary/aromatic N) is 1. The molecule has 0 aliphatic carbocycles. The van der Waals surface area contributed by atoms with E-state index in [0.717, 1.165) is 6.07 Å². The smallest absolute Gasteiger partial charge is 0.318 e. The molecule has 2 N–H and O–H groups in total. The number of hydrogen-bond donors (Lipinski definition) is 2. The zero-order valence-electron chi connectivity index (χ0n) is 8.66. The lowest BCUT2D eigenvalue weighted by Gasteiger charge is -2.05. The molecule has 0 aliphatic heterocycles. The average Bonchev–Trinajstić information content (AvgIpc) is 2.26. The number of aliphatic carboxylic acids is 1. The van der Waals surface area contributed by atoms with Gasteiger partial charge in [0.1, 0.15) is 17.3 Å². The first-order valence-corrected chi connectivity index (χ1v) is 5.88. The summed E-state index contributed by atoms with van der Waals surface area (Å²) in [5.41, 5.74) is -0.607. The van der Waals surface area contributed by atoms with Crippen LogP contribution in [0.15, 0.2) is 23.1 Å². The van der Waals surface area contributed by atoms with Crippen molar-refractivity contribution in [1.29, 1.82) is 0 Å². The molecule has 0 aromatic heterocycles. The fourth-order valence-corrected chi connectivity index (χ4v) is 2.09. The quantitative estimate of drug-likeness (QED) is 0.580. The van der Waals surface area contributed by atoms with Crippen molar-refractivity contribution in [2.75, 3.05) is 6.54 Å². The van der Waals surface area contributed by atoms with Crippen LogP contribution in [0, 0.1) is 15.9 Å². The molecule has 0 heterocycles. The predicted molar refractivity (Wildman–Crippen MR) is 55.9 cm³/mol. The highest BCUT2D eigenvalue weighted by atomic mass is 32.2. The number of sulfonamides is 1. The minimum Gasteiger partial charge on any atom is -0.480 e. The van der Waals surface area contributed by atoms with Gasteiger partial charge in [0, 0.05) is 6.07 Å². The number of non-ortho nitro benzene ring substituents is 1. The zero-order valence-corrected chi connectivity index (χ0v) is 9.48. The molecule has 1 aromatic rings. The van der Waals surface area contributed by atoms with Gasteiger partial charge in [0.2, 0.25) is 10.0 Å². The SMILES string of the molecule is O=C(O)CNS(=O)(=O)c1ccc([N+](=O)[O-])cc1F. The Kier molecular flexibility index (Phi) is 3.93. The first-order valence-electron chi connectivity index (χ1n) is 4.39. The molecule has 0 unspecified atom stereocenters. The highest BCUT2D eigenvalue weighted by Crippen LogP contribution is 2.20. The van der Waals surface area contributed by atoms with Gasteiger partial charge in [-0.15, -0.1) is 0 Å². The maximum atomic E-state index is 13.4. The molecule has 10 heteroatoms. The highest BCUT2D eigenvalue weighted by molar-refractivity contribution is 7.89. The molecule has 1 aromatic carbocycles. The first kappa shape index (κ1) is 14.0. The molecule has 0 saturated carbocycles. The van der Waals surface area contributed by atoms with Gasteiger partial charge in [0.05, 0.1) is 11.0 Å². The Bertz CT molecular complexity index is 600. The fourth-order valence-electron chi connectivity index (χ4n) is 1.06. The van der Waals surface area contributed by atoms with Crippen LogP contribution in [-0.4, -0.2) is 31.0 Å². The zero-order chi connectivity index (χ0) is 13.9. The van der Waals surface area contributed by atoms with Crippen LogP contribution >= 0.6 is 0 Å². The standard InChI is InChI=1S/C8H7FN2O6S/c9-6-3-5(11(14)15)1-2-7(6)18(16,17)10-4-8(12)13/h1-3,10H,4H2,(H,12,13). The molecule has 0 fully saturated rings. The third-order valence-electron chi connectivity index (χ3n) is 1.83. The first-order chi connectivity index (χ1) is 8.24. The van der Waals surface area contributed by atoms with E-state index in [1.807, 2.05) is 0 Å². The van der Waals surface area contributed by atoms with E-state index in [1.54, 1.807) is 4.72 Å². The summed E-state index contributed by atoms with van der Waals surface area (Å²) in [5, 5.41) is 18.6. The van der Waals surface area contributed by atoms with Crippen LogP contribution in [0.4, 0.5) is 10.1 Å². The summed E-state index contributed by atoms with van der Waals surface area (Å²) in [6.07, 6.45) is 0. The lowest BCUT2D eigenvalue weighted by Crippen LogP contribution is -2.30. The van der Waals surface area contributed by atoms with Crippen molar-refractivity contribution >= 4 is 21.7 Å². The molecule has 0 bridgehead atoms. The molecule has 0 spiro atoms. The summed E-state index contributed by atoms with van der Waals surface area (Å²) >= 11 is 0. The Hall–Kier alpha value is -2.07. The molecule has 0 saturated heterocycles. The predicted octanol–water partition coefficient (Wildman–Crippen LogP) is 0.0968. The maximum Gasteiger partial charge on any atom is 0.318 e. The van der Waals surface area contributed by atoms with Gasteiger partial charge in [-0.3, -0.25) is 14.9 Å². The van der Waals surface area contributed by atoms with Gasteiger partial charge in [-0.05, 0) is 6.07 Å². The Balaban J connectivity index is 3.10. The third kappa shape index (κ3) is 3.21. The number of halogens is 1. The Morgan fingerprint density at radius 1 is 1.50 bits per heavy atom. The third-order valence-corrected chi connectivity index (χ3v) is 3.26. The number of nitro benzene ring substituents is 1. The number of carboxylic acids is 1. The minimum absolute atomic E-state index is 0.440. The number of carboxylic acid groups (broad SMARTS) is 1. The topological polar surface area (TPSA) is 127 Å². The van der Waals surface area contributed by atoms with Crippen molar-refractivity contribution in [2.24, 2.45) is 0 Å². The molecule has 8 nitrogen and oxygen atoms in total. The number of carbonyl (C=O) groups is 1. The molecular formula is C8H7FN2O6S. The second-order valence-corrected chi connectivity index (χ2v) is 4.83. The highest BCUT2D eigenvalue weighted by Gasteiger charge is 2.22. The van der Waals surface area contributed by atoms with E-state index < -0.39 is 43.9 Å². The molecule has 0 radical (unpaired) electrons. The van der Waals surface area contributed by atoms with Crippen LogP contribution in [0.1, 0.15) is 0 Å². The summed E-state index contributed by atoms with van der Waals surface area (Å²) in [4.78, 5) is 18.8. The number of nitro groups is 1. The van der Waals surface area contributed by atoms with E-state index in [9.17, 15) is 27.7 Å². The lowest BCUT2D eigenvalue weighted by molar-refractivity contribution is -0.385. The van der Waals surface area contributed by atoms with Crippen molar-refractivity contribution in [2.45, 2.75) is 4.90 Å². The summed E-state index contributed by atoms with van der Waals surface area (Å²) < 4.78 is 37.9. The lowest BCUT2D eigenvalue weighted by atomic mass is 10.3. The monoisotopic (exact) mass is 278 g/mol. The minimum atomic E-state index is -4.36. The molecule has 0 aliphatic rings. The normalized spacial score (nSPS) is 11.2. The Morgan fingerprint density at radius 2 is 2.11 bits per heavy atom. The summed E-state index contributed by atoms with van der Waals surface area (Å²) in [6.45, 7) is -0.918. The van der Waals surface area contributed by atoms with E-state index in [4.69, 9.17) is 5.11 Å². The Morgan fingerprint density at radius 3 is 2.56 bits per heavy atom. The van der Waals surface area contributed by atoms with E-state index in [2.05, 4.69) is 0 Å². The largest absolute Gasteiger partial charge is 0.480 e.